The van der Waals surface area contributed by atoms with Gasteiger partial charge in [0.1, 0.15) is 0 Å². The molecule has 0 nitrogen and oxygen atoms in total. The largest absolute Gasteiger partial charge is 4.00 e. The van der Waals surface area contributed by atoms with E-state index in [2.05, 4.69) is 54.6 Å². The molecule has 0 N–H and O–H groups in total. The van der Waals surface area contributed by atoms with Crippen molar-refractivity contribution < 1.29 is 26.2 Å². The van der Waals surface area contributed by atoms with Gasteiger partial charge in [-0.05, 0) is 6.42 Å². The first kappa shape index (κ1) is 30.7. The Morgan fingerprint density at radius 1 is 0.545 bits per heavy atom. The van der Waals surface area contributed by atoms with E-state index in [1.165, 1.54) is 22.3 Å². The Kier molecular flexibility index (Phi) is 17.8. The summed E-state index contributed by atoms with van der Waals surface area (Å²) in [6, 6.07) is 53.1. The maximum Gasteiger partial charge on any atom is 4.00 e. The van der Waals surface area contributed by atoms with Crippen molar-refractivity contribution in [3.63, 3.8) is 0 Å². The molecule has 0 radical (unpaired) electrons. The second-order valence-corrected chi connectivity index (χ2v) is 6.51. The number of benzene rings is 4. The van der Waals surface area contributed by atoms with Gasteiger partial charge in [0.05, 0.1) is 0 Å². The van der Waals surface area contributed by atoms with Crippen molar-refractivity contribution in [2.45, 2.75) is 6.42 Å². The summed E-state index contributed by atoms with van der Waals surface area (Å²) in [6.45, 7) is 0. The summed E-state index contributed by atoms with van der Waals surface area (Å²) in [4.78, 5) is 0. The summed E-state index contributed by atoms with van der Waals surface area (Å²) in [5.41, 5.74) is 5.51. The minimum absolute atomic E-state index is 0. The number of hydrogen-bond donors (Lipinski definition) is 0. The van der Waals surface area contributed by atoms with Crippen LogP contribution in [0.2, 0.25) is 0 Å². The molecule has 0 aromatic heterocycles. The van der Waals surface area contributed by atoms with Crippen LogP contribution in [0.3, 0.4) is 0 Å². The van der Waals surface area contributed by atoms with Crippen LogP contribution in [-0.4, -0.2) is 0 Å². The molecule has 5 aromatic rings. The molecule has 0 bridgehead atoms. The number of halogens is 2. The number of rotatable bonds is 0. The monoisotopic (exact) mass is 546 g/mol. The SMILES string of the molecule is Cl.Cl.[Zr+4].[c-]1cccc2c1Cc1ccccc1-2.[c-]1ccccc1.[c-]1ccccc1.c1cc[cH-]c1. The third-order valence-corrected chi connectivity index (χ3v) is 4.39. The van der Waals surface area contributed by atoms with E-state index in [4.69, 9.17) is 0 Å². The summed E-state index contributed by atoms with van der Waals surface area (Å²) < 4.78 is 0. The average molecular weight is 549 g/mol. The molecular formula is C30H26Cl2Zr. The number of hydrogen-bond acceptors (Lipinski definition) is 0. The summed E-state index contributed by atoms with van der Waals surface area (Å²) in [5.74, 6) is 0. The molecule has 33 heavy (non-hydrogen) atoms. The maximum absolute atomic E-state index is 3.30. The summed E-state index contributed by atoms with van der Waals surface area (Å²) in [6.07, 6.45) is 1.05. The zero-order chi connectivity index (χ0) is 20.7. The van der Waals surface area contributed by atoms with Gasteiger partial charge >= 0.3 is 26.2 Å². The first-order valence-electron chi connectivity index (χ1n) is 10.0. The summed E-state index contributed by atoms with van der Waals surface area (Å²) in [7, 11) is 0. The van der Waals surface area contributed by atoms with Gasteiger partial charge in [-0.2, -0.15) is 121 Å². The van der Waals surface area contributed by atoms with Gasteiger partial charge in [0.15, 0.2) is 0 Å². The fourth-order valence-electron chi connectivity index (χ4n) is 3.00. The first-order chi connectivity index (χ1) is 14.9. The summed E-state index contributed by atoms with van der Waals surface area (Å²) >= 11 is 0. The van der Waals surface area contributed by atoms with Gasteiger partial charge in [-0.15, -0.1) is 30.4 Å². The van der Waals surface area contributed by atoms with Crippen LogP contribution >= 0.6 is 24.8 Å². The van der Waals surface area contributed by atoms with Crippen molar-refractivity contribution >= 4 is 24.8 Å². The van der Waals surface area contributed by atoms with Crippen LogP contribution in [0.5, 0.6) is 0 Å². The molecule has 1 aliphatic rings. The van der Waals surface area contributed by atoms with E-state index in [1.807, 2.05) is 97.1 Å². The smallest absolute Gasteiger partial charge is 0.214 e. The van der Waals surface area contributed by atoms with Gasteiger partial charge < -0.3 is 0 Å². The zero-order valence-electron chi connectivity index (χ0n) is 18.2. The molecule has 0 fully saturated rings. The number of fused-ring (bicyclic) bond motifs is 3. The molecule has 0 heterocycles. The van der Waals surface area contributed by atoms with E-state index in [-0.39, 0.29) is 51.0 Å². The Hall–Kier alpha value is -2.31. The molecule has 6 rings (SSSR count). The van der Waals surface area contributed by atoms with Crippen LogP contribution < -0.4 is 0 Å². The predicted octanol–water partition coefficient (Wildman–Crippen LogP) is 8.28. The van der Waals surface area contributed by atoms with Crippen LogP contribution in [0.15, 0.2) is 133 Å². The van der Waals surface area contributed by atoms with Gasteiger partial charge in [0.25, 0.3) is 0 Å². The van der Waals surface area contributed by atoms with E-state index in [0.717, 1.165) is 6.42 Å². The van der Waals surface area contributed by atoms with Gasteiger partial charge in [0.2, 0.25) is 0 Å². The molecule has 3 heteroatoms. The van der Waals surface area contributed by atoms with Crippen molar-refractivity contribution in [1.82, 2.24) is 0 Å². The van der Waals surface area contributed by atoms with E-state index < -0.39 is 0 Å². The fraction of sp³-hybridized carbons (Fsp3) is 0.0333. The van der Waals surface area contributed by atoms with Crippen LogP contribution in [-0.2, 0) is 32.6 Å². The van der Waals surface area contributed by atoms with E-state index in [0.29, 0.717) is 0 Å². The molecule has 0 aliphatic heterocycles. The third kappa shape index (κ3) is 11.4. The van der Waals surface area contributed by atoms with E-state index in [9.17, 15) is 0 Å². The maximum atomic E-state index is 3.30. The summed E-state index contributed by atoms with van der Waals surface area (Å²) in [5, 5.41) is 0. The van der Waals surface area contributed by atoms with Crippen molar-refractivity contribution in [3.8, 4) is 11.1 Å². The Morgan fingerprint density at radius 3 is 1.55 bits per heavy atom. The molecule has 0 unspecified atom stereocenters. The topological polar surface area (TPSA) is 0 Å². The van der Waals surface area contributed by atoms with Gasteiger partial charge in [-0.25, -0.2) is 12.1 Å². The average Bonchev–Trinajstić information content (AvgIpc) is 3.54. The zero-order valence-corrected chi connectivity index (χ0v) is 22.3. The Labute approximate surface area is 230 Å². The van der Waals surface area contributed by atoms with Crippen LogP contribution in [0, 0.1) is 18.2 Å². The second kappa shape index (κ2) is 19.2. The Morgan fingerprint density at radius 2 is 1.09 bits per heavy atom. The molecule has 0 spiro atoms. The molecule has 5 aromatic carbocycles. The standard InChI is InChI=1S/C13H9.2C6H5.C5H5.2ClH.Zr/c1-3-7-12-10(5-1)9-11-6-2-4-8-13(11)12;2*1-2-4-6-5-3-1;1-2-4-5-3-1;;;/h1-5,7-8H,9H2;2*1-5H;1-5H;2*1H;/q4*-1;;;+4. The normalized spacial score (nSPS) is 8.97. The third-order valence-electron chi connectivity index (χ3n) is 4.39. The minimum Gasteiger partial charge on any atom is -0.214 e. The molecule has 164 valence electrons. The van der Waals surface area contributed by atoms with Gasteiger partial charge in [-0.1, -0.05) is 35.4 Å². The van der Waals surface area contributed by atoms with Crippen LogP contribution in [0.25, 0.3) is 11.1 Å². The molecule has 0 amide bonds. The van der Waals surface area contributed by atoms with Crippen molar-refractivity contribution in [3.05, 3.63) is 163 Å². The molecular weight excluding hydrogens is 522 g/mol. The second-order valence-electron chi connectivity index (χ2n) is 6.51. The predicted molar refractivity (Wildman–Crippen MR) is 141 cm³/mol. The van der Waals surface area contributed by atoms with Crippen LogP contribution in [0.1, 0.15) is 11.1 Å². The quantitative estimate of drug-likeness (QED) is 0.168. The van der Waals surface area contributed by atoms with Gasteiger partial charge in [-0.3, -0.25) is 0 Å². The minimum atomic E-state index is 0. The Balaban J connectivity index is 0.000000439. The molecule has 1 aliphatic carbocycles. The fourth-order valence-corrected chi connectivity index (χ4v) is 3.00. The Bertz CT molecular complexity index is 917. The van der Waals surface area contributed by atoms with Crippen molar-refractivity contribution in [1.29, 1.82) is 0 Å². The molecule has 0 saturated carbocycles. The molecule has 0 saturated heterocycles. The molecule has 0 atom stereocenters. The van der Waals surface area contributed by atoms with Gasteiger partial charge in [0, 0.05) is 0 Å². The van der Waals surface area contributed by atoms with E-state index >= 15 is 0 Å². The first-order valence-corrected chi connectivity index (χ1v) is 10.0. The van der Waals surface area contributed by atoms with Crippen LogP contribution in [0.4, 0.5) is 0 Å². The van der Waals surface area contributed by atoms with Crippen molar-refractivity contribution in [2.24, 2.45) is 0 Å². The van der Waals surface area contributed by atoms with E-state index in [1.54, 1.807) is 0 Å². The van der Waals surface area contributed by atoms with Crippen molar-refractivity contribution in [2.75, 3.05) is 0 Å².